The average molecular weight is 464 g/mol. The van der Waals surface area contributed by atoms with E-state index >= 15 is 0 Å². The molecule has 9 nitrogen and oxygen atoms in total. The highest BCUT2D eigenvalue weighted by atomic mass is 32.2. The number of aryl methyl sites for hydroxylation is 1. The fourth-order valence-corrected chi connectivity index (χ4v) is 4.64. The first-order valence-corrected chi connectivity index (χ1v) is 12.3. The van der Waals surface area contributed by atoms with E-state index in [9.17, 15) is 14.4 Å². The van der Waals surface area contributed by atoms with Crippen LogP contribution in [0.25, 0.3) is 11.0 Å². The van der Waals surface area contributed by atoms with E-state index in [1.54, 1.807) is 21.0 Å². The fraction of sp³-hybridized carbons (Fsp3) is 0.636. The number of nitrogens with zero attached hydrogens (tertiary/aromatic N) is 4. The Labute approximate surface area is 192 Å². The highest BCUT2D eigenvalue weighted by Crippen LogP contribution is 2.20. The molecule has 0 aromatic carbocycles. The third-order valence-electron chi connectivity index (χ3n) is 5.60. The number of fused-ring (bicyclic) bond motifs is 1. The van der Waals surface area contributed by atoms with E-state index in [4.69, 9.17) is 4.74 Å². The average Bonchev–Trinajstić information content (AvgIpc) is 3.05. The van der Waals surface area contributed by atoms with Gasteiger partial charge in [-0.15, -0.1) is 0 Å². The van der Waals surface area contributed by atoms with Crippen molar-refractivity contribution in [1.82, 2.24) is 24.3 Å². The first-order chi connectivity index (χ1) is 15.2. The van der Waals surface area contributed by atoms with Gasteiger partial charge in [0.25, 0.3) is 5.56 Å². The first kappa shape index (κ1) is 24.2. The molecule has 2 amide bonds. The number of carbonyl (C=O) groups excluding carboxylic acids is 2. The molecule has 32 heavy (non-hydrogen) atoms. The summed E-state index contributed by atoms with van der Waals surface area (Å²) in [6, 6.07) is 1.86. The van der Waals surface area contributed by atoms with Crippen LogP contribution in [-0.4, -0.2) is 63.0 Å². The maximum absolute atomic E-state index is 13.3. The molecule has 1 aliphatic rings. The summed E-state index contributed by atoms with van der Waals surface area (Å²) >= 11 is 1.45. The summed E-state index contributed by atoms with van der Waals surface area (Å²) in [6.45, 7) is 9.89. The molecule has 0 spiro atoms. The fourth-order valence-electron chi connectivity index (χ4n) is 4.07. The van der Waals surface area contributed by atoms with Crippen LogP contribution < -0.4 is 10.9 Å². The van der Waals surface area contributed by atoms with Crippen LogP contribution >= 0.6 is 11.8 Å². The Morgan fingerprint density at radius 3 is 2.56 bits per heavy atom. The van der Waals surface area contributed by atoms with Crippen LogP contribution in [0.3, 0.4) is 0 Å². The first-order valence-electron chi connectivity index (χ1n) is 11.1. The summed E-state index contributed by atoms with van der Waals surface area (Å²) < 4.78 is 8.50. The second kappa shape index (κ2) is 10.4. The number of thioether (sulfide) groups is 1. The Morgan fingerprint density at radius 1 is 1.28 bits per heavy atom. The summed E-state index contributed by atoms with van der Waals surface area (Å²) in [5, 5.41) is 3.74. The van der Waals surface area contributed by atoms with E-state index in [-0.39, 0.29) is 30.1 Å². The maximum atomic E-state index is 13.3. The highest BCUT2D eigenvalue weighted by molar-refractivity contribution is 7.98. The topological polar surface area (TPSA) is 98.5 Å². The molecule has 0 bridgehead atoms. The Hall–Kier alpha value is -2.49. The van der Waals surface area contributed by atoms with Crippen molar-refractivity contribution in [2.75, 3.05) is 26.0 Å². The minimum atomic E-state index is -0.304. The molecular formula is C22H33N5O4S. The maximum Gasteiger partial charge on any atom is 0.409 e. The molecule has 1 N–H and O–H groups in total. The Morgan fingerprint density at radius 2 is 1.97 bits per heavy atom. The zero-order valence-electron chi connectivity index (χ0n) is 19.5. The smallest absolute Gasteiger partial charge is 0.409 e. The third-order valence-corrected chi connectivity index (χ3v) is 6.27. The molecule has 3 rings (SSSR count). The zero-order valence-corrected chi connectivity index (χ0v) is 20.3. The van der Waals surface area contributed by atoms with E-state index in [1.165, 1.54) is 11.8 Å². The number of carbonyl (C=O) groups is 2. The molecule has 176 valence electrons. The molecule has 0 saturated carbocycles. The van der Waals surface area contributed by atoms with Gasteiger partial charge in [0.05, 0.1) is 12.1 Å². The number of nitrogens with one attached hydrogen (secondary N) is 1. The molecule has 1 saturated heterocycles. The van der Waals surface area contributed by atoms with Gasteiger partial charge in [-0.05, 0) is 44.9 Å². The van der Waals surface area contributed by atoms with E-state index in [0.29, 0.717) is 61.2 Å². The summed E-state index contributed by atoms with van der Waals surface area (Å²) in [5.41, 5.74) is 1.79. The molecule has 2 aromatic rings. The second-order valence-corrected chi connectivity index (χ2v) is 9.31. The molecule has 1 aliphatic heterocycles. The second-order valence-electron chi connectivity index (χ2n) is 8.54. The lowest BCUT2D eigenvalue weighted by Crippen LogP contribution is -2.47. The van der Waals surface area contributed by atoms with Crippen LogP contribution in [0, 0.1) is 12.8 Å². The van der Waals surface area contributed by atoms with Crippen LogP contribution in [0.5, 0.6) is 0 Å². The van der Waals surface area contributed by atoms with Crippen LogP contribution in [0.2, 0.25) is 0 Å². The van der Waals surface area contributed by atoms with Gasteiger partial charge in [-0.2, -0.15) is 0 Å². The van der Waals surface area contributed by atoms with Crippen LogP contribution in [0.15, 0.2) is 16.0 Å². The third kappa shape index (κ3) is 5.28. The van der Waals surface area contributed by atoms with Gasteiger partial charge in [0.2, 0.25) is 5.91 Å². The molecule has 1 fully saturated rings. The van der Waals surface area contributed by atoms with Crippen molar-refractivity contribution in [3.8, 4) is 0 Å². The molecule has 0 radical (unpaired) electrons. The lowest BCUT2D eigenvalue weighted by atomic mass is 10.1. The number of aromatic nitrogens is 3. The molecule has 0 atom stereocenters. The summed E-state index contributed by atoms with van der Waals surface area (Å²) in [7, 11) is 0. The van der Waals surface area contributed by atoms with Crippen LogP contribution in [0.4, 0.5) is 4.79 Å². The zero-order chi connectivity index (χ0) is 23.4. The van der Waals surface area contributed by atoms with Crippen molar-refractivity contribution in [3.05, 3.63) is 22.1 Å². The minimum Gasteiger partial charge on any atom is -0.450 e. The van der Waals surface area contributed by atoms with Gasteiger partial charge >= 0.3 is 6.09 Å². The standard InChI is InChI=1S/C22H33N5O4S/c1-6-31-22(30)25-9-7-16(8-10-25)23-18(28)13-26-15(4)11-17-19(26)20(29)27(12-14(2)3)21(24-17)32-5/h11,14,16H,6-10,12-13H2,1-5H3,(H,23,28). The van der Waals surface area contributed by atoms with Gasteiger partial charge in [-0.25, -0.2) is 9.78 Å². The van der Waals surface area contributed by atoms with Crippen molar-refractivity contribution in [2.24, 2.45) is 5.92 Å². The van der Waals surface area contributed by atoms with E-state index in [1.807, 2.05) is 19.2 Å². The minimum absolute atomic E-state index is 0.00544. The van der Waals surface area contributed by atoms with Gasteiger partial charge in [-0.3, -0.25) is 14.2 Å². The largest absolute Gasteiger partial charge is 0.450 e. The van der Waals surface area contributed by atoms with E-state index in [0.717, 1.165) is 5.69 Å². The highest BCUT2D eigenvalue weighted by Gasteiger charge is 2.25. The predicted molar refractivity (Wildman–Crippen MR) is 125 cm³/mol. The van der Waals surface area contributed by atoms with Gasteiger partial charge in [0.15, 0.2) is 5.16 Å². The monoisotopic (exact) mass is 463 g/mol. The van der Waals surface area contributed by atoms with Crippen molar-refractivity contribution in [2.45, 2.75) is 64.8 Å². The molecule has 2 aromatic heterocycles. The number of hydrogen-bond donors (Lipinski definition) is 1. The quantitative estimate of drug-likeness (QED) is 0.501. The predicted octanol–water partition coefficient (Wildman–Crippen LogP) is 2.62. The molecule has 0 aliphatic carbocycles. The Kier molecular flexibility index (Phi) is 7.86. The lowest BCUT2D eigenvalue weighted by Gasteiger charge is -2.31. The summed E-state index contributed by atoms with van der Waals surface area (Å²) in [6.07, 6.45) is 2.96. The number of amides is 2. The number of rotatable bonds is 7. The number of likely N-dealkylation sites (tertiary alicyclic amines) is 1. The van der Waals surface area contributed by atoms with Crippen molar-refractivity contribution >= 4 is 34.8 Å². The van der Waals surface area contributed by atoms with Crippen LogP contribution in [-0.2, 0) is 22.6 Å². The van der Waals surface area contributed by atoms with Gasteiger partial charge in [-0.1, -0.05) is 25.6 Å². The number of ether oxygens (including phenoxy) is 1. The molecule has 10 heteroatoms. The van der Waals surface area contributed by atoms with Gasteiger partial charge in [0, 0.05) is 31.4 Å². The molecule has 3 heterocycles. The lowest BCUT2D eigenvalue weighted by molar-refractivity contribution is -0.122. The Bertz CT molecular complexity index is 1040. The number of piperidine rings is 1. The molecular weight excluding hydrogens is 430 g/mol. The van der Waals surface area contributed by atoms with Crippen LogP contribution in [0.1, 0.15) is 39.3 Å². The SMILES string of the molecule is CCOC(=O)N1CCC(NC(=O)Cn2c(C)cc3nc(SC)n(CC(C)C)c(=O)c32)CC1. The van der Waals surface area contributed by atoms with Gasteiger partial charge < -0.3 is 19.5 Å². The number of hydrogen-bond acceptors (Lipinski definition) is 6. The van der Waals surface area contributed by atoms with Crippen molar-refractivity contribution in [3.63, 3.8) is 0 Å². The summed E-state index contributed by atoms with van der Waals surface area (Å²) in [4.78, 5) is 44.3. The van der Waals surface area contributed by atoms with Gasteiger partial charge in [0.1, 0.15) is 12.1 Å². The Balaban J connectivity index is 1.74. The van der Waals surface area contributed by atoms with E-state index < -0.39 is 0 Å². The normalized spacial score (nSPS) is 14.9. The molecule has 0 unspecified atom stereocenters. The van der Waals surface area contributed by atoms with Crippen molar-refractivity contribution < 1.29 is 14.3 Å². The van der Waals surface area contributed by atoms with Crippen molar-refractivity contribution in [1.29, 1.82) is 0 Å². The van der Waals surface area contributed by atoms with E-state index in [2.05, 4.69) is 24.1 Å². The summed E-state index contributed by atoms with van der Waals surface area (Å²) in [5.74, 6) is 0.148.